The van der Waals surface area contributed by atoms with Gasteiger partial charge in [-0.3, -0.25) is 9.59 Å². The second-order valence-electron chi connectivity index (χ2n) is 7.91. The third-order valence-corrected chi connectivity index (χ3v) is 5.89. The molecule has 3 rings (SSSR count). The summed E-state index contributed by atoms with van der Waals surface area (Å²) in [4.78, 5) is 28.4. The van der Waals surface area contributed by atoms with E-state index in [0.717, 1.165) is 26.7 Å². The van der Waals surface area contributed by atoms with Gasteiger partial charge in [0.1, 0.15) is 6.04 Å². The predicted octanol–water partition coefficient (Wildman–Crippen LogP) is 5.08. The Morgan fingerprint density at radius 2 is 1.50 bits per heavy atom. The van der Waals surface area contributed by atoms with Crippen LogP contribution in [0.1, 0.15) is 29.2 Å². The number of rotatable bonds is 9. The van der Waals surface area contributed by atoms with Crippen LogP contribution in [-0.4, -0.2) is 29.3 Å². The second-order valence-corrected chi connectivity index (χ2v) is 8.83. The molecule has 0 aliphatic carbocycles. The topological polar surface area (TPSA) is 49.4 Å². The van der Waals surface area contributed by atoms with Crippen molar-refractivity contribution >= 4 is 27.7 Å². The van der Waals surface area contributed by atoms with Crippen molar-refractivity contribution in [2.24, 2.45) is 0 Å². The molecule has 0 saturated heterocycles. The van der Waals surface area contributed by atoms with E-state index >= 15 is 0 Å². The molecule has 0 saturated carbocycles. The number of nitrogens with zero attached hydrogens (tertiary/aromatic N) is 1. The molecule has 0 heterocycles. The number of halogens is 1. The number of carbonyl (C=O) groups is 2. The summed E-state index contributed by atoms with van der Waals surface area (Å²) in [5.41, 5.74) is 4.09. The number of hydrogen-bond acceptors (Lipinski definition) is 2. The Labute approximate surface area is 198 Å². The molecule has 2 amide bonds. The summed E-state index contributed by atoms with van der Waals surface area (Å²) in [6, 6.07) is 25.1. The molecular formula is C27H29BrN2O2. The van der Waals surface area contributed by atoms with Gasteiger partial charge in [-0.25, -0.2) is 0 Å². The van der Waals surface area contributed by atoms with Crippen molar-refractivity contribution in [2.45, 2.75) is 39.3 Å². The van der Waals surface area contributed by atoms with E-state index in [-0.39, 0.29) is 18.2 Å². The first-order chi connectivity index (χ1) is 15.5. The zero-order chi connectivity index (χ0) is 22.9. The number of amides is 2. The van der Waals surface area contributed by atoms with Gasteiger partial charge >= 0.3 is 0 Å². The minimum Gasteiger partial charge on any atom is -0.355 e. The van der Waals surface area contributed by atoms with E-state index < -0.39 is 6.04 Å². The van der Waals surface area contributed by atoms with Crippen LogP contribution in [0.15, 0.2) is 83.3 Å². The molecule has 5 heteroatoms. The molecule has 0 bridgehead atoms. The van der Waals surface area contributed by atoms with Crippen molar-refractivity contribution in [1.29, 1.82) is 0 Å². The normalized spacial score (nSPS) is 11.6. The summed E-state index contributed by atoms with van der Waals surface area (Å²) in [5, 5.41) is 2.93. The molecule has 0 fully saturated rings. The van der Waals surface area contributed by atoms with Crippen molar-refractivity contribution in [1.82, 2.24) is 10.2 Å². The van der Waals surface area contributed by atoms with Crippen LogP contribution in [0, 0.1) is 6.92 Å². The van der Waals surface area contributed by atoms with Gasteiger partial charge in [0.05, 0.1) is 6.42 Å². The molecule has 1 N–H and O–H groups in total. The van der Waals surface area contributed by atoms with Crippen LogP contribution in [0.4, 0.5) is 0 Å². The number of aryl methyl sites for hydroxylation is 1. The fourth-order valence-electron chi connectivity index (χ4n) is 3.61. The molecule has 0 aromatic heterocycles. The van der Waals surface area contributed by atoms with E-state index in [1.165, 1.54) is 0 Å². The molecule has 166 valence electrons. The number of carbonyl (C=O) groups excluding carboxylic acids is 2. The molecule has 0 aliphatic rings. The summed E-state index contributed by atoms with van der Waals surface area (Å²) in [5.74, 6) is -0.199. The number of likely N-dealkylation sites (N-methyl/N-ethyl adjacent to an activating group) is 1. The third-order valence-electron chi connectivity index (χ3n) is 5.36. The van der Waals surface area contributed by atoms with E-state index in [1.54, 1.807) is 4.90 Å². The molecule has 4 nitrogen and oxygen atoms in total. The highest BCUT2D eigenvalue weighted by Gasteiger charge is 2.30. The molecule has 0 radical (unpaired) electrons. The Hall–Kier alpha value is -2.92. The van der Waals surface area contributed by atoms with Crippen LogP contribution in [0.5, 0.6) is 0 Å². The lowest BCUT2D eigenvalue weighted by Crippen LogP contribution is -2.50. The first kappa shape index (κ1) is 23.7. The van der Waals surface area contributed by atoms with Gasteiger partial charge in [-0.05, 0) is 42.7 Å². The van der Waals surface area contributed by atoms with E-state index in [0.29, 0.717) is 19.5 Å². The van der Waals surface area contributed by atoms with E-state index in [2.05, 4.69) is 21.2 Å². The summed E-state index contributed by atoms with van der Waals surface area (Å²) in [7, 11) is 0. The van der Waals surface area contributed by atoms with Gasteiger partial charge in [0.25, 0.3) is 0 Å². The Morgan fingerprint density at radius 3 is 2.12 bits per heavy atom. The van der Waals surface area contributed by atoms with Crippen LogP contribution in [0.3, 0.4) is 0 Å². The minimum atomic E-state index is -0.598. The Balaban J connectivity index is 1.93. The van der Waals surface area contributed by atoms with Crippen molar-refractivity contribution in [3.63, 3.8) is 0 Å². The van der Waals surface area contributed by atoms with Gasteiger partial charge < -0.3 is 10.2 Å². The van der Waals surface area contributed by atoms with Crippen molar-refractivity contribution < 1.29 is 9.59 Å². The lowest BCUT2D eigenvalue weighted by Gasteiger charge is -2.31. The minimum absolute atomic E-state index is 0.0658. The lowest BCUT2D eigenvalue weighted by molar-refractivity contribution is -0.140. The smallest absolute Gasteiger partial charge is 0.243 e. The lowest BCUT2D eigenvalue weighted by atomic mass is 10.0. The van der Waals surface area contributed by atoms with Gasteiger partial charge in [0, 0.05) is 24.0 Å². The van der Waals surface area contributed by atoms with Crippen molar-refractivity contribution in [3.8, 4) is 0 Å². The fourth-order valence-corrected chi connectivity index (χ4v) is 3.88. The molecular weight excluding hydrogens is 464 g/mol. The largest absolute Gasteiger partial charge is 0.355 e. The zero-order valence-corrected chi connectivity index (χ0v) is 20.1. The molecule has 0 aliphatic heterocycles. The molecule has 1 unspecified atom stereocenters. The van der Waals surface area contributed by atoms with Gasteiger partial charge in [-0.1, -0.05) is 88.2 Å². The van der Waals surface area contributed by atoms with Gasteiger partial charge in [0.2, 0.25) is 11.8 Å². The quantitative estimate of drug-likeness (QED) is 0.452. The maximum Gasteiger partial charge on any atom is 0.243 e. The highest BCUT2D eigenvalue weighted by atomic mass is 79.9. The van der Waals surface area contributed by atoms with E-state index in [9.17, 15) is 9.59 Å². The maximum absolute atomic E-state index is 13.5. The Bertz CT molecular complexity index is 1020. The van der Waals surface area contributed by atoms with Crippen LogP contribution in [0.25, 0.3) is 0 Å². The van der Waals surface area contributed by atoms with Crippen LogP contribution in [0.2, 0.25) is 0 Å². The zero-order valence-electron chi connectivity index (χ0n) is 18.6. The summed E-state index contributed by atoms with van der Waals surface area (Å²) in [6.45, 7) is 4.80. The van der Waals surface area contributed by atoms with E-state index in [1.807, 2.05) is 92.7 Å². The molecule has 3 aromatic rings. The Morgan fingerprint density at radius 1 is 0.875 bits per heavy atom. The van der Waals surface area contributed by atoms with Crippen molar-refractivity contribution in [2.75, 3.05) is 6.54 Å². The first-order valence-corrected chi connectivity index (χ1v) is 11.7. The SMILES string of the molecule is CCNC(=O)C(Cc1ccccc1)N(Cc1ccc(Br)cc1)C(=O)Cc1ccc(C)cc1. The summed E-state index contributed by atoms with van der Waals surface area (Å²) in [6.07, 6.45) is 0.713. The number of hydrogen-bond donors (Lipinski definition) is 1. The van der Waals surface area contributed by atoms with Crippen LogP contribution in [-0.2, 0) is 29.0 Å². The highest BCUT2D eigenvalue weighted by molar-refractivity contribution is 9.10. The fraction of sp³-hybridized carbons (Fsp3) is 0.259. The Kier molecular flexibility index (Phi) is 8.63. The highest BCUT2D eigenvalue weighted by Crippen LogP contribution is 2.18. The van der Waals surface area contributed by atoms with Crippen LogP contribution >= 0.6 is 15.9 Å². The molecule has 0 spiro atoms. The number of benzene rings is 3. The predicted molar refractivity (Wildman–Crippen MR) is 132 cm³/mol. The molecule has 1 atom stereocenters. The summed E-state index contributed by atoms with van der Waals surface area (Å²) < 4.78 is 0.975. The molecule has 32 heavy (non-hydrogen) atoms. The average Bonchev–Trinajstić information content (AvgIpc) is 2.79. The van der Waals surface area contributed by atoms with Gasteiger partial charge in [-0.15, -0.1) is 0 Å². The third kappa shape index (κ3) is 6.79. The van der Waals surface area contributed by atoms with E-state index in [4.69, 9.17) is 0 Å². The van der Waals surface area contributed by atoms with Gasteiger partial charge in [0.15, 0.2) is 0 Å². The maximum atomic E-state index is 13.5. The molecule has 3 aromatic carbocycles. The standard InChI is InChI=1S/C27H29BrN2O2/c1-3-29-27(32)25(17-21-7-5-4-6-8-21)30(19-23-13-15-24(28)16-14-23)26(31)18-22-11-9-20(2)10-12-22/h4-16,25H,3,17-19H2,1-2H3,(H,29,32). The first-order valence-electron chi connectivity index (χ1n) is 10.9. The monoisotopic (exact) mass is 492 g/mol. The van der Waals surface area contributed by atoms with Crippen molar-refractivity contribution in [3.05, 3.63) is 106 Å². The second kappa shape index (κ2) is 11.6. The van der Waals surface area contributed by atoms with Crippen LogP contribution < -0.4 is 5.32 Å². The average molecular weight is 493 g/mol. The van der Waals surface area contributed by atoms with Gasteiger partial charge in [-0.2, -0.15) is 0 Å². The number of nitrogens with one attached hydrogen (secondary N) is 1. The summed E-state index contributed by atoms with van der Waals surface area (Å²) >= 11 is 3.46.